The highest BCUT2D eigenvalue weighted by molar-refractivity contribution is 5.94. The third kappa shape index (κ3) is 4.76. The molecule has 116 valence electrons. The second-order valence-corrected chi connectivity index (χ2v) is 6.07. The first kappa shape index (κ1) is 15.9. The molecule has 2 rings (SSSR count). The van der Waals surface area contributed by atoms with E-state index in [0.29, 0.717) is 12.0 Å². The fourth-order valence-electron chi connectivity index (χ4n) is 2.82. The highest BCUT2D eigenvalue weighted by atomic mass is 16.5. The Hall–Kier alpha value is -1.51. The van der Waals surface area contributed by atoms with E-state index in [9.17, 15) is 4.79 Å². The Balaban J connectivity index is 1.87. The Bertz CT molecular complexity index is 441. The lowest BCUT2D eigenvalue weighted by Crippen LogP contribution is -2.41. The van der Waals surface area contributed by atoms with E-state index in [-0.39, 0.29) is 5.91 Å². The van der Waals surface area contributed by atoms with Crippen LogP contribution in [0.4, 0.5) is 0 Å². The summed E-state index contributed by atoms with van der Waals surface area (Å²) in [5, 5.41) is 3.18. The van der Waals surface area contributed by atoms with Gasteiger partial charge in [0.25, 0.3) is 5.91 Å². The maximum Gasteiger partial charge on any atom is 0.251 e. The molecule has 0 heterocycles. The summed E-state index contributed by atoms with van der Waals surface area (Å²) in [5.74, 6) is 1.46. The molecule has 2 unspecified atom stereocenters. The normalized spacial score (nSPS) is 21.8. The molecule has 0 radical (unpaired) electrons. The lowest BCUT2D eigenvalue weighted by Gasteiger charge is -2.29. The Morgan fingerprint density at radius 2 is 1.95 bits per heavy atom. The van der Waals surface area contributed by atoms with Gasteiger partial charge in [-0.3, -0.25) is 4.79 Å². The van der Waals surface area contributed by atoms with E-state index in [1.807, 2.05) is 24.3 Å². The monoisotopic (exact) mass is 289 g/mol. The van der Waals surface area contributed by atoms with Crippen LogP contribution in [0.2, 0.25) is 0 Å². The van der Waals surface area contributed by atoms with E-state index in [0.717, 1.165) is 37.2 Å². The Morgan fingerprint density at radius 3 is 2.62 bits per heavy atom. The number of carbonyl (C=O) groups excluding carboxylic acids is 1. The third-order valence-electron chi connectivity index (χ3n) is 4.31. The third-order valence-corrected chi connectivity index (χ3v) is 4.31. The van der Waals surface area contributed by atoms with E-state index >= 15 is 0 Å². The fraction of sp³-hybridized carbons (Fsp3) is 0.611. The molecule has 1 aliphatic rings. The number of amides is 1. The van der Waals surface area contributed by atoms with Crippen molar-refractivity contribution in [3.8, 4) is 5.75 Å². The van der Waals surface area contributed by atoms with E-state index < -0.39 is 0 Å². The van der Waals surface area contributed by atoms with Crippen LogP contribution in [0, 0.1) is 5.92 Å². The highest BCUT2D eigenvalue weighted by Gasteiger charge is 2.23. The van der Waals surface area contributed by atoms with Gasteiger partial charge in [-0.25, -0.2) is 0 Å². The largest absolute Gasteiger partial charge is 0.494 e. The second-order valence-electron chi connectivity index (χ2n) is 6.07. The van der Waals surface area contributed by atoms with Gasteiger partial charge < -0.3 is 10.1 Å². The predicted octanol–water partition coefficient (Wildman–Crippen LogP) is 4.17. The predicted molar refractivity (Wildman–Crippen MR) is 85.7 cm³/mol. The van der Waals surface area contributed by atoms with E-state index in [1.165, 1.54) is 19.3 Å². The minimum Gasteiger partial charge on any atom is -0.494 e. The van der Waals surface area contributed by atoms with Crippen LogP contribution in [0.5, 0.6) is 5.75 Å². The molecule has 3 heteroatoms. The molecule has 3 nitrogen and oxygen atoms in total. The first-order valence-electron chi connectivity index (χ1n) is 8.24. The first-order chi connectivity index (χ1) is 10.2. The Kier molecular flexibility index (Phi) is 6.09. The molecule has 0 spiro atoms. The molecule has 1 amide bonds. The van der Waals surface area contributed by atoms with Gasteiger partial charge in [-0.15, -0.1) is 0 Å². The number of rotatable bonds is 6. The number of carbonyl (C=O) groups is 1. The van der Waals surface area contributed by atoms with Gasteiger partial charge in [0.1, 0.15) is 5.75 Å². The zero-order valence-corrected chi connectivity index (χ0v) is 13.2. The van der Waals surface area contributed by atoms with Crippen molar-refractivity contribution >= 4 is 5.91 Å². The number of unbranched alkanes of at least 4 members (excludes halogenated alkanes) is 1. The fourth-order valence-corrected chi connectivity index (χ4v) is 2.82. The standard InChI is InChI=1S/C18H27NO2/c1-3-4-13-21-16-11-9-15(10-12-16)18(20)19-17-8-6-5-7-14(17)2/h9-12,14,17H,3-8,13H2,1-2H3,(H,19,20). The van der Waals surface area contributed by atoms with Crippen LogP contribution in [0.25, 0.3) is 0 Å². The minimum atomic E-state index is 0.0360. The van der Waals surface area contributed by atoms with Crippen molar-refractivity contribution < 1.29 is 9.53 Å². The van der Waals surface area contributed by atoms with Gasteiger partial charge >= 0.3 is 0 Å². The number of nitrogens with one attached hydrogen (secondary N) is 1. The van der Waals surface area contributed by atoms with E-state index in [1.54, 1.807) is 0 Å². The molecule has 0 aliphatic heterocycles. The average molecular weight is 289 g/mol. The van der Waals surface area contributed by atoms with Crippen molar-refractivity contribution in [2.45, 2.75) is 58.4 Å². The van der Waals surface area contributed by atoms with Crippen molar-refractivity contribution in [3.63, 3.8) is 0 Å². The average Bonchev–Trinajstić information content (AvgIpc) is 2.50. The van der Waals surface area contributed by atoms with Crippen molar-refractivity contribution in [1.82, 2.24) is 5.32 Å². The molecule has 0 bridgehead atoms. The van der Waals surface area contributed by atoms with Crippen LogP contribution in [0.3, 0.4) is 0 Å². The molecular weight excluding hydrogens is 262 g/mol. The van der Waals surface area contributed by atoms with E-state index in [2.05, 4.69) is 19.2 Å². The maximum atomic E-state index is 12.3. The molecule has 2 atom stereocenters. The summed E-state index contributed by atoms with van der Waals surface area (Å²) in [4.78, 5) is 12.3. The van der Waals surface area contributed by atoms with Gasteiger partial charge in [-0.1, -0.05) is 33.1 Å². The topological polar surface area (TPSA) is 38.3 Å². The van der Waals surface area contributed by atoms with Gasteiger partial charge in [0.2, 0.25) is 0 Å². The summed E-state index contributed by atoms with van der Waals surface area (Å²) in [7, 11) is 0. The number of ether oxygens (including phenoxy) is 1. The van der Waals surface area contributed by atoms with Crippen LogP contribution in [0.15, 0.2) is 24.3 Å². The van der Waals surface area contributed by atoms with Crippen LogP contribution >= 0.6 is 0 Å². The molecule has 1 aliphatic carbocycles. The van der Waals surface area contributed by atoms with Gasteiger partial charge in [0.15, 0.2) is 0 Å². The zero-order valence-electron chi connectivity index (χ0n) is 13.2. The number of hydrogen-bond donors (Lipinski definition) is 1. The van der Waals surface area contributed by atoms with Crippen molar-refractivity contribution in [3.05, 3.63) is 29.8 Å². The van der Waals surface area contributed by atoms with Gasteiger partial charge in [-0.05, 0) is 49.4 Å². The second kappa shape index (κ2) is 8.06. The SMILES string of the molecule is CCCCOc1ccc(C(=O)NC2CCCCC2C)cc1. The molecular formula is C18H27NO2. The first-order valence-corrected chi connectivity index (χ1v) is 8.24. The molecule has 1 saturated carbocycles. The van der Waals surface area contributed by atoms with Gasteiger partial charge in [0, 0.05) is 11.6 Å². The smallest absolute Gasteiger partial charge is 0.251 e. The van der Waals surface area contributed by atoms with E-state index in [4.69, 9.17) is 4.74 Å². The van der Waals surface area contributed by atoms with Gasteiger partial charge in [-0.2, -0.15) is 0 Å². The molecule has 1 fully saturated rings. The van der Waals surface area contributed by atoms with Crippen molar-refractivity contribution in [1.29, 1.82) is 0 Å². The lowest BCUT2D eigenvalue weighted by atomic mass is 9.86. The summed E-state index contributed by atoms with van der Waals surface area (Å²) in [6.45, 7) is 5.11. The summed E-state index contributed by atoms with van der Waals surface area (Å²) < 4.78 is 5.62. The summed E-state index contributed by atoms with van der Waals surface area (Å²) in [5.41, 5.74) is 0.718. The van der Waals surface area contributed by atoms with Crippen LogP contribution in [-0.2, 0) is 0 Å². The maximum absolute atomic E-state index is 12.3. The molecule has 1 N–H and O–H groups in total. The van der Waals surface area contributed by atoms with Crippen molar-refractivity contribution in [2.24, 2.45) is 5.92 Å². The Labute approximate surface area is 128 Å². The summed E-state index contributed by atoms with van der Waals surface area (Å²) in [6, 6.07) is 7.80. The Morgan fingerprint density at radius 1 is 1.24 bits per heavy atom. The van der Waals surface area contributed by atoms with Crippen LogP contribution in [0.1, 0.15) is 62.7 Å². The molecule has 21 heavy (non-hydrogen) atoms. The number of benzene rings is 1. The minimum absolute atomic E-state index is 0.0360. The molecule has 1 aromatic carbocycles. The molecule has 0 aromatic heterocycles. The summed E-state index contributed by atoms with van der Waals surface area (Å²) in [6.07, 6.45) is 7.01. The van der Waals surface area contributed by atoms with Crippen LogP contribution < -0.4 is 10.1 Å². The summed E-state index contributed by atoms with van der Waals surface area (Å²) >= 11 is 0. The molecule has 1 aromatic rings. The highest BCUT2D eigenvalue weighted by Crippen LogP contribution is 2.24. The van der Waals surface area contributed by atoms with Crippen molar-refractivity contribution in [2.75, 3.05) is 6.61 Å². The zero-order chi connectivity index (χ0) is 15.1. The van der Waals surface area contributed by atoms with Gasteiger partial charge in [0.05, 0.1) is 6.61 Å². The molecule has 0 saturated heterocycles. The lowest BCUT2D eigenvalue weighted by molar-refractivity contribution is 0.0910. The van der Waals surface area contributed by atoms with Crippen LogP contribution in [-0.4, -0.2) is 18.6 Å². The quantitative estimate of drug-likeness (QED) is 0.798. The number of hydrogen-bond acceptors (Lipinski definition) is 2.